The second-order valence-electron chi connectivity index (χ2n) is 7.14. The zero-order valence-corrected chi connectivity index (χ0v) is 17.2. The third-order valence-corrected chi connectivity index (χ3v) is 6.60. The van der Waals surface area contributed by atoms with Crippen LogP contribution in [0, 0.1) is 13.8 Å². The van der Waals surface area contributed by atoms with Gasteiger partial charge in [-0.25, -0.2) is 0 Å². The molecular formula is C22H27NO4S. The molecule has 150 valence electrons. The lowest BCUT2D eigenvalue weighted by Crippen LogP contribution is -2.25. The molecule has 0 radical (unpaired) electrons. The standard InChI is InChI=1S/C22H27NO4S/c1-16-6-7-17(2)21(12-16)27-14-22(24)23-19-5-3-4-18(13-19)15-28(25)20-8-10-26-11-9-20/h3-7,12-13,20H,8-11,14-15H2,1-2H3,(H,23,24). The molecule has 28 heavy (non-hydrogen) atoms. The highest BCUT2D eigenvalue weighted by Crippen LogP contribution is 2.20. The van der Waals surface area contributed by atoms with Crippen LogP contribution >= 0.6 is 0 Å². The van der Waals surface area contributed by atoms with E-state index in [1.54, 1.807) is 0 Å². The summed E-state index contributed by atoms with van der Waals surface area (Å²) in [5, 5.41) is 3.05. The summed E-state index contributed by atoms with van der Waals surface area (Å²) in [5.74, 6) is 0.993. The van der Waals surface area contributed by atoms with Gasteiger partial charge < -0.3 is 14.8 Å². The molecule has 1 atom stereocenters. The maximum absolute atomic E-state index is 12.6. The van der Waals surface area contributed by atoms with Crippen LogP contribution in [0.25, 0.3) is 0 Å². The van der Waals surface area contributed by atoms with E-state index >= 15 is 0 Å². The molecule has 0 aromatic heterocycles. The van der Waals surface area contributed by atoms with E-state index < -0.39 is 10.8 Å². The molecule has 1 fully saturated rings. The van der Waals surface area contributed by atoms with Gasteiger partial charge in [0.15, 0.2) is 6.61 Å². The van der Waals surface area contributed by atoms with Crippen molar-refractivity contribution in [3.05, 3.63) is 59.2 Å². The third-order valence-electron chi connectivity index (χ3n) is 4.76. The number of nitrogens with one attached hydrogen (secondary N) is 1. The summed E-state index contributed by atoms with van der Waals surface area (Å²) in [6.45, 7) is 5.26. The van der Waals surface area contributed by atoms with Crippen LogP contribution in [-0.2, 0) is 26.1 Å². The number of benzene rings is 2. The van der Waals surface area contributed by atoms with Crippen LogP contribution in [0.1, 0.15) is 29.5 Å². The Balaban J connectivity index is 1.54. The van der Waals surface area contributed by atoms with Crippen molar-refractivity contribution in [3.8, 4) is 5.75 Å². The van der Waals surface area contributed by atoms with Gasteiger partial charge in [0.05, 0.1) is 0 Å². The predicted molar refractivity (Wildman–Crippen MR) is 112 cm³/mol. The van der Waals surface area contributed by atoms with Crippen LogP contribution in [-0.4, -0.2) is 35.2 Å². The molecule has 2 aromatic carbocycles. The second-order valence-corrected chi connectivity index (χ2v) is 8.86. The molecule has 1 amide bonds. The lowest BCUT2D eigenvalue weighted by Gasteiger charge is -2.21. The van der Waals surface area contributed by atoms with E-state index in [1.165, 1.54) is 0 Å². The Bertz CT molecular complexity index is 846. The van der Waals surface area contributed by atoms with E-state index in [1.807, 2.05) is 56.3 Å². The number of amides is 1. The van der Waals surface area contributed by atoms with Crippen molar-refractivity contribution in [1.82, 2.24) is 0 Å². The van der Waals surface area contributed by atoms with Crippen LogP contribution in [0.15, 0.2) is 42.5 Å². The monoisotopic (exact) mass is 401 g/mol. The fourth-order valence-corrected chi connectivity index (χ4v) is 4.63. The molecule has 1 aliphatic rings. The predicted octanol–water partition coefficient (Wildman–Crippen LogP) is 3.75. The molecule has 0 spiro atoms. The quantitative estimate of drug-likeness (QED) is 0.767. The number of carbonyl (C=O) groups excluding carboxylic acids is 1. The Morgan fingerprint density at radius 3 is 2.75 bits per heavy atom. The summed E-state index contributed by atoms with van der Waals surface area (Å²) < 4.78 is 23.6. The van der Waals surface area contributed by atoms with Gasteiger partial charge in [-0.2, -0.15) is 0 Å². The van der Waals surface area contributed by atoms with Gasteiger partial charge in [0.2, 0.25) is 0 Å². The van der Waals surface area contributed by atoms with Crippen LogP contribution in [0.5, 0.6) is 5.75 Å². The number of carbonyl (C=O) groups is 1. The zero-order chi connectivity index (χ0) is 19.9. The van der Waals surface area contributed by atoms with E-state index in [4.69, 9.17) is 9.47 Å². The molecular weight excluding hydrogens is 374 g/mol. The molecule has 1 aliphatic heterocycles. The fourth-order valence-electron chi connectivity index (χ4n) is 3.16. The molecule has 6 heteroatoms. The Morgan fingerprint density at radius 2 is 1.96 bits per heavy atom. The zero-order valence-electron chi connectivity index (χ0n) is 16.4. The normalized spacial score (nSPS) is 15.8. The molecule has 1 heterocycles. The molecule has 2 aromatic rings. The van der Waals surface area contributed by atoms with Gasteiger partial charge in [-0.15, -0.1) is 0 Å². The smallest absolute Gasteiger partial charge is 0.262 e. The number of hydrogen-bond acceptors (Lipinski definition) is 4. The summed E-state index contributed by atoms with van der Waals surface area (Å²) >= 11 is 0. The first-order valence-corrected chi connectivity index (χ1v) is 10.9. The van der Waals surface area contributed by atoms with Gasteiger partial charge >= 0.3 is 0 Å². The Kier molecular flexibility index (Phi) is 7.23. The minimum absolute atomic E-state index is 0.0531. The molecule has 0 aliphatic carbocycles. The Hall–Kier alpha value is -2.18. The summed E-state index contributed by atoms with van der Waals surface area (Å²) in [7, 11) is -0.929. The Labute approximate surface area is 168 Å². The van der Waals surface area contributed by atoms with Crippen LogP contribution in [0.2, 0.25) is 0 Å². The molecule has 1 unspecified atom stereocenters. The van der Waals surface area contributed by atoms with Crippen molar-refractivity contribution in [1.29, 1.82) is 0 Å². The van der Waals surface area contributed by atoms with Gasteiger partial charge in [0, 0.05) is 40.7 Å². The number of anilines is 1. The highest BCUT2D eigenvalue weighted by atomic mass is 32.2. The van der Waals surface area contributed by atoms with Crippen molar-refractivity contribution in [2.45, 2.75) is 37.7 Å². The first-order chi connectivity index (χ1) is 13.5. The number of rotatable bonds is 7. The number of hydrogen-bond donors (Lipinski definition) is 1. The highest BCUT2D eigenvalue weighted by Gasteiger charge is 2.20. The maximum atomic E-state index is 12.6. The van der Waals surface area contributed by atoms with Gasteiger partial charge in [-0.1, -0.05) is 24.3 Å². The topological polar surface area (TPSA) is 64.6 Å². The highest BCUT2D eigenvalue weighted by molar-refractivity contribution is 7.84. The van der Waals surface area contributed by atoms with E-state index in [-0.39, 0.29) is 17.8 Å². The minimum atomic E-state index is -0.929. The summed E-state index contributed by atoms with van der Waals surface area (Å²) in [6, 6.07) is 13.4. The van der Waals surface area contributed by atoms with E-state index in [0.29, 0.717) is 24.7 Å². The number of ether oxygens (including phenoxy) is 2. The molecule has 1 saturated heterocycles. The van der Waals surface area contributed by atoms with Gasteiger partial charge in [-0.05, 0) is 61.6 Å². The van der Waals surface area contributed by atoms with Crippen molar-refractivity contribution >= 4 is 22.4 Å². The summed E-state index contributed by atoms with van der Waals surface area (Å²) in [4.78, 5) is 12.3. The average Bonchev–Trinajstić information content (AvgIpc) is 2.69. The maximum Gasteiger partial charge on any atom is 0.262 e. The SMILES string of the molecule is Cc1ccc(C)c(OCC(=O)Nc2cccc(CS(=O)C3CCOCC3)c2)c1. The summed E-state index contributed by atoms with van der Waals surface area (Å²) in [6.07, 6.45) is 1.69. The van der Waals surface area contributed by atoms with E-state index in [9.17, 15) is 9.00 Å². The van der Waals surface area contributed by atoms with Crippen molar-refractivity contribution in [2.75, 3.05) is 25.1 Å². The second kappa shape index (κ2) is 9.85. The van der Waals surface area contributed by atoms with Crippen LogP contribution in [0.4, 0.5) is 5.69 Å². The minimum Gasteiger partial charge on any atom is -0.483 e. The molecule has 0 saturated carbocycles. The van der Waals surface area contributed by atoms with Crippen molar-refractivity contribution < 1.29 is 18.5 Å². The van der Waals surface area contributed by atoms with Gasteiger partial charge in [0.25, 0.3) is 5.91 Å². The number of aryl methyl sites for hydroxylation is 2. The molecule has 1 N–H and O–H groups in total. The third kappa shape index (κ3) is 5.91. The Morgan fingerprint density at radius 1 is 1.18 bits per heavy atom. The van der Waals surface area contributed by atoms with E-state index in [0.717, 1.165) is 35.3 Å². The fraction of sp³-hybridized carbons (Fsp3) is 0.409. The van der Waals surface area contributed by atoms with Crippen LogP contribution in [0.3, 0.4) is 0 Å². The first-order valence-electron chi connectivity index (χ1n) is 9.55. The average molecular weight is 402 g/mol. The van der Waals surface area contributed by atoms with Gasteiger partial charge in [0.1, 0.15) is 5.75 Å². The lowest BCUT2D eigenvalue weighted by atomic mass is 10.1. The lowest BCUT2D eigenvalue weighted by molar-refractivity contribution is -0.118. The molecule has 0 bridgehead atoms. The van der Waals surface area contributed by atoms with Crippen molar-refractivity contribution in [3.63, 3.8) is 0 Å². The largest absolute Gasteiger partial charge is 0.483 e. The van der Waals surface area contributed by atoms with Crippen LogP contribution < -0.4 is 10.1 Å². The molecule has 5 nitrogen and oxygen atoms in total. The summed E-state index contributed by atoms with van der Waals surface area (Å²) in [5.41, 5.74) is 3.73. The van der Waals surface area contributed by atoms with Gasteiger partial charge in [-0.3, -0.25) is 9.00 Å². The first kappa shape index (κ1) is 20.6. The molecule has 3 rings (SSSR count). The van der Waals surface area contributed by atoms with E-state index in [2.05, 4.69) is 5.32 Å². The van der Waals surface area contributed by atoms with Crippen molar-refractivity contribution in [2.24, 2.45) is 0 Å².